The molecule has 0 radical (unpaired) electrons. The molecule has 1 heterocycles. The Morgan fingerprint density at radius 2 is 2.04 bits per heavy atom. The minimum atomic E-state index is -3.47. The lowest BCUT2D eigenvalue weighted by Gasteiger charge is -2.12. The molecule has 0 aliphatic carbocycles. The second kappa shape index (κ2) is 7.61. The number of sulfone groups is 1. The predicted molar refractivity (Wildman–Crippen MR) is 104 cm³/mol. The Labute approximate surface area is 161 Å². The number of phenolic OH excluding ortho intramolecular Hbond substituents is 1. The Bertz CT molecular complexity index is 1020. The number of thioether (sulfide) groups is 1. The number of hydrogen-bond acceptors (Lipinski definition) is 6. The maximum absolute atomic E-state index is 12.6. The summed E-state index contributed by atoms with van der Waals surface area (Å²) in [4.78, 5) is 25.2. The monoisotopic (exact) mass is 406 g/mol. The van der Waals surface area contributed by atoms with E-state index in [1.54, 1.807) is 18.2 Å². The van der Waals surface area contributed by atoms with Crippen LogP contribution in [0.4, 0.5) is 11.4 Å². The minimum absolute atomic E-state index is 0.00267. The van der Waals surface area contributed by atoms with Crippen molar-refractivity contribution in [2.45, 2.75) is 23.1 Å². The fraction of sp³-hybridized carbons (Fsp3) is 0.222. The van der Waals surface area contributed by atoms with Crippen LogP contribution in [0.3, 0.4) is 0 Å². The molecule has 7 nitrogen and oxygen atoms in total. The van der Waals surface area contributed by atoms with Crippen molar-refractivity contribution < 1.29 is 23.1 Å². The van der Waals surface area contributed by atoms with Crippen LogP contribution in [0.25, 0.3) is 0 Å². The molecule has 0 saturated heterocycles. The molecule has 9 heteroatoms. The van der Waals surface area contributed by atoms with E-state index in [2.05, 4.69) is 10.6 Å². The molecule has 0 bridgehead atoms. The molecular weight excluding hydrogens is 388 g/mol. The Kier molecular flexibility index (Phi) is 5.43. The van der Waals surface area contributed by atoms with Gasteiger partial charge in [-0.25, -0.2) is 8.42 Å². The van der Waals surface area contributed by atoms with Crippen LogP contribution in [0.15, 0.2) is 46.2 Å². The predicted octanol–water partition coefficient (Wildman–Crippen LogP) is 2.87. The lowest BCUT2D eigenvalue weighted by Crippen LogP contribution is -2.14. The van der Waals surface area contributed by atoms with Crippen LogP contribution in [0.2, 0.25) is 0 Å². The number of amides is 2. The molecule has 3 N–H and O–H groups in total. The van der Waals surface area contributed by atoms with E-state index >= 15 is 0 Å². The van der Waals surface area contributed by atoms with Crippen molar-refractivity contribution in [3.05, 3.63) is 42.0 Å². The summed E-state index contributed by atoms with van der Waals surface area (Å²) in [5, 5.41) is 15.2. The Morgan fingerprint density at radius 3 is 2.78 bits per heavy atom. The van der Waals surface area contributed by atoms with E-state index < -0.39 is 15.7 Å². The largest absolute Gasteiger partial charge is 0.506 e. The molecule has 0 saturated carbocycles. The lowest BCUT2D eigenvalue weighted by molar-refractivity contribution is -0.115. The Hall–Kier alpha value is -2.52. The zero-order chi connectivity index (χ0) is 19.6. The van der Waals surface area contributed by atoms with Gasteiger partial charge in [0.25, 0.3) is 5.91 Å². The van der Waals surface area contributed by atoms with E-state index in [4.69, 9.17) is 0 Å². The number of fused-ring (bicyclic) bond motifs is 1. The number of carbonyl (C=O) groups excluding carboxylic acids is 2. The van der Waals surface area contributed by atoms with Gasteiger partial charge in [-0.1, -0.05) is 6.92 Å². The molecule has 2 amide bonds. The van der Waals surface area contributed by atoms with E-state index in [0.717, 1.165) is 4.90 Å². The summed E-state index contributed by atoms with van der Waals surface area (Å²) in [5.41, 5.74) is 0.837. The maximum atomic E-state index is 12.6. The van der Waals surface area contributed by atoms with Crippen LogP contribution in [-0.4, -0.2) is 36.8 Å². The first-order valence-electron chi connectivity index (χ1n) is 8.24. The molecule has 1 aliphatic heterocycles. The fourth-order valence-corrected chi connectivity index (χ4v) is 4.37. The molecule has 2 aromatic rings. The summed E-state index contributed by atoms with van der Waals surface area (Å²) in [7, 11) is -3.47. The van der Waals surface area contributed by atoms with Crippen LogP contribution in [0.5, 0.6) is 5.75 Å². The van der Waals surface area contributed by atoms with Gasteiger partial charge in [0.15, 0.2) is 9.84 Å². The number of rotatable bonds is 4. The van der Waals surface area contributed by atoms with E-state index in [1.807, 2.05) is 0 Å². The highest BCUT2D eigenvalue weighted by Crippen LogP contribution is 2.32. The van der Waals surface area contributed by atoms with E-state index in [0.29, 0.717) is 17.9 Å². The highest BCUT2D eigenvalue weighted by atomic mass is 32.2. The molecule has 3 rings (SSSR count). The van der Waals surface area contributed by atoms with Crippen LogP contribution in [0.1, 0.15) is 23.7 Å². The summed E-state index contributed by atoms with van der Waals surface area (Å²) in [5.74, 6) is -0.307. The molecule has 0 fully saturated rings. The number of aromatic hydroxyl groups is 1. The summed E-state index contributed by atoms with van der Waals surface area (Å²) in [6.45, 7) is 1.52. The smallest absolute Gasteiger partial charge is 0.255 e. The zero-order valence-electron chi connectivity index (χ0n) is 14.5. The molecule has 27 heavy (non-hydrogen) atoms. The van der Waals surface area contributed by atoms with Crippen molar-refractivity contribution in [1.82, 2.24) is 0 Å². The first-order valence-corrected chi connectivity index (χ1v) is 10.9. The molecule has 0 aromatic heterocycles. The molecule has 2 aromatic carbocycles. The second-order valence-corrected chi connectivity index (χ2v) is 9.31. The number of nitrogens with one attached hydrogen (secondary N) is 2. The van der Waals surface area contributed by atoms with Gasteiger partial charge < -0.3 is 15.7 Å². The fourth-order valence-electron chi connectivity index (χ4n) is 2.53. The van der Waals surface area contributed by atoms with Crippen molar-refractivity contribution in [2.75, 3.05) is 22.1 Å². The summed E-state index contributed by atoms with van der Waals surface area (Å²) < 4.78 is 24.0. The van der Waals surface area contributed by atoms with Gasteiger partial charge in [0.1, 0.15) is 5.75 Å². The van der Waals surface area contributed by atoms with Crippen LogP contribution < -0.4 is 10.6 Å². The van der Waals surface area contributed by atoms with E-state index in [9.17, 15) is 23.1 Å². The lowest BCUT2D eigenvalue weighted by atomic mass is 10.1. The highest BCUT2D eigenvalue weighted by Gasteiger charge is 2.18. The number of hydrogen-bond donors (Lipinski definition) is 3. The van der Waals surface area contributed by atoms with Crippen LogP contribution in [0, 0.1) is 0 Å². The third-order valence-corrected chi connectivity index (χ3v) is 6.87. The zero-order valence-corrected chi connectivity index (χ0v) is 16.1. The van der Waals surface area contributed by atoms with Crippen molar-refractivity contribution >= 4 is 44.8 Å². The van der Waals surface area contributed by atoms with Crippen molar-refractivity contribution in [1.29, 1.82) is 0 Å². The van der Waals surface area contributed by atoms with Gasteiger partial charge in [0.2, 0.25) is 5.91 Å². The average molecular weight is 406 g/mol. The van der Waals surface area contributed by atoms with E-state index in [1.165, 1.54) is 36.9 Å². The number of carbonyl (C=O) groups is 2. The third-order valence-electron chi connectivity index (χ3n) is 4.06. The summed E-state index contributed by atoms with van der Waals surface area (Å²) in [6.07, 6.45) is 0.396. The van der Waals surface area contributed by atoms with Crippen molar-refractivity contribution in [3.8, 4) is 5.75 Å². The highest BCUT2D eigenvalue weighted by molar-refractivity contribution is 7.99. The number of phenols is 1. The van der Waals surface area contributed by atoms with Gasteiger partial charge in [-0.15, -0.1) is 11.8 Å². The third kappa shape index (κ3) is 4.25. The normalized spacial score (nSPS) is 14.0. The first kappa shape index (κ1) is 19.2. The summed E-state index contributed by atoms with van der Waals surface area (Å²) in [6, 6.07) is 8.67. The van der Waals surface area contributed by atoms with Crippen LogP contribution in [-0.2, 0) is 14.6 Å². The topological polar surface area (TPSA) is 113 Å². The van der Waals surface area contributed by atoms with Gasteiger partial charge in [-0.05, 0) is 36.4 Å². The van der Waals surface area contributed by atoms with Gasteiger partial charge in [-0.3, -0.25) is 9.59 Å². The maximum Gasteiger partial charge on any atom is 0.255 e. The quantitative estimate of drug-likeness (QED) is 0.673. The summed E-state index contributed by atoms with van der Waals surface area (Å²) >= 11 is 1.53. The second-order valence-electron chi connectivity index (χ2n) is 5.89. The van der Waals surface area contributed by atoms with Crippen molar-refractivity contribution in [2.24, 2.45) is 0 Å². The molecule has 142 valence electrons. The Morgan fingerprint density at radius 1 is 1.26 bits per heavy atom. The molecule has 1 aliphatic rings. The molecule has 0 atom stereocenters. The minimum Gasteiger partial charge on any atom is -0.506 e. The molecule has 0 unspecified atom stereocenters. The average Bonchev–Trinajstić information content (AvgIpc) is 2.83. The van der Waals surface area contributed by atoms with Gasteiger partial charge in [0.05, 0.1) is 22.0 Å². The molecule has 0 spiro atoms. The number of benzene rings is 2. The van der Waals surface area contributed by atoms with Crippen molar-refractivity contribution in [3.63, 3.8) is 0 Å². The van der Waals surface area contributed by atoms with E-state index in [-0.39, 0.29) is 33.6 Å². The SMILES string of the molecule is CCS(=O)(=O)c1ccc(O)c(NC(=O)c2ccc3c(c2)NC(=O)CCS3)c1. The van der Waals surface area contributed by atoms with Gasteiger partial charge >= 0.3 is 0 Å². The van der Waals surface area contributed by atoms with Gasteiger partial charge in [0, 0.05) is 22.6 Å². The standard InChI is InChI=1S/C18H18N2O5S2/c1-2-27(24,25)12-4-5-15(21)13(10-12)20-18(23)11-3-6-16-14(9-11)19-17(22)7-8-26-16/h3-6,9-10,21H,2,7-8H2,1H3,(H,19,22)(H,20,23). The first-order chi connectivity index (χ1) is 12.8. The number of anilines is 2. The van der Waals surface area contributed by atoms with Gasteiger partial charge in [-0.2, -0.15) is 0 Å². The molecular formula is C18H18N2O5S2. The Balaban J connectivity index is 1.88. The van der Waals surface area contributed by atoms with Crippen LogP contribution >= 0.6 is 11.8 Å².